The van der Waals surface area contributed by atoms with E-state index >= 15 is 8.78 Å². The predicted octanol–water partition coefficient (Wildman–Crippen LogP) is -0.395. The first-order valence-electron chi connectivity index (χ1n) is 13.8. The third-order valence-corrected chi connectivity index (χ3v) is 6.43. The Bertz CT molecular complexity index is 947. The molecular formula is C26H43F2N5O8. The Kier molecular flexibility index (Phi) is 14.6. The van der Waals surface area contributed by atoms with E-state index in [9.17, 15) is 33.9 Å². The van der Waals surface area contributed by atoms with Gasteiger partial charge in [0, 0.05) is 7.05 Å². The number of nitrogens with zero attached hydrogens (tertiary/aromatic N) is 1. The van der Waals surface area contributed by atoms with Gasteiger partial charge in [0.15, 0.2) is 6.10 Å². The molecule has 13 nitrogen and oxygen atoms in total. The highest BCUT2D eigenvalue weighted by Crippen LogP contribution is 2.30. The van der Waals surface area contributed by atoms with Gasteiger partial charge in [-0.05, 0) is 32.1 Å². The molecule has 5 N–H and O–H groups in total. The molecule has 5 amide bonds. The summed E-state index contributed by atoms with van der Waals surface area (Å²) < 4.78 is 36.3. The Labute approximate surface area is 238 Å². The van der Waals surface area contributed by atoms with E-state index < -0.39 is 85.4 Å². The largest absolute Gasteiger partial charge is 0.454 e. The highest BCUT2D eigenvalue weighted by molar-refractivity contribution is 5.94. The minimum absolute atomic E-state index is 0.0120. The second kappa shape index (κ2) is 16.8. The smallest absolute Gasteiger partial charge is 0.360 e. The number of halogens is 2. The molecule has 1 rings (SSSR count). The van der Waals surface area contributed by atoms with Crippen LogP contribution in [0.1, 0.15) is 66.2 Å². The van der Waals surface area contributed by atoms with Gasteiger partial charge >= 0.3 is 11.9 Å². The van der Waals surface area contributed by atoms with Crippen molar-refractivity contribution in [2.75, 3.05) is 26.7 Å². The Balaban J connectivity index is 3.39. The van der Waals surface area contributed by atoms with Crippen LogP contribution >= 0.6 is 0 Å². The Hall–Kier alpha value is -3.36. The SMILES string of the molecule is CCCCCCC1OC(=O)CNC(=O)C([C@H](C)O)NC(=O)CNC(=O)CNC(=O)C(CC(C)C)N(C)C(=O)C1(F)F. The van der Waals surface area contributed by atoms with E-state index in [0.29, 0.717) is 11.3 Å². The average molecular weight is 592 g/mol. The lowest BCUT2D eigenvalue weighted by Gasteiger charge is -2.34. The number of aliphatic hydroxyl groups excluding tert-OH is 1. The van der Waals surface area contributed by atoms with Crippen LogP contribution in [0.15, 0.2) is 0 Å². The summed E-state index contributed by atoms with van der Waals surface area (Å²) in [6, 6.07) is -2.93. The van der Waals surface area contributed by atoms with Crippen molar-refractivity contribution in [2.45, 2.75) is 96.4 Å². The molecule has 234 valence electrons. The zero-order valence-electron chi connectivity index (χ0n) is 24.3. The maximum absolute atomic E-state index is 15.6. The molecule has 0 radical (unpaired) electrons. The topological polar surface area (TPSA) is 183 Å². The van der Waals surface area contributed by atoms with E-state index in [0.717, 1.165) is 19.9 Å². The lowest BCUT2D eigenvalue weighted by atomic mass is 9.99. The molecule has 1 fully saturated rings. The molecule has 0 aliphatic carbocycles. The number of carbonyl (C=O) groups is 6. The number of likely N-dealkylation sites (N-methyl/N-ethyl adjacent to an activating group) is 1. The molecule has 1 aliphatic rings. The molecule has 0 saturated carbocycles. The zero-order chi connectivity index (χ0) is 31.3. The van der Waals surface area contributed by atoms with Gasteiger partial charge < -0.3 is 36.0 Å². The van der Waals surface area contributed by atoms with Crippen LogP contribution in [0.2, 0.25) is 0 Å². The molecule has 0 aromatic heterocycles. The van der Waals surface area contributed by atoms with Crippen molar-refractivity contribution in [1.29, 1.82) is 0 Å². The standard InChI is InChI=1S/C26H43F2N5O8/c1-6-7-8-9-10-18-26(27,28)25(40)33(5)17(11-15(2)3)23(38)30-12-19(35)29-13-20(36)32-22(16(4)34)24(39)31-14-21(37)41-18/h15-18,22,34H,6-14H2,1-5H3,(H,29,35)(H,30,38)(H,31,39)(H,32,36)/t16-,17?,18?,22?/m0/s1. The van der Waals surface area contributed by atoms with Crippen molar-refractivity contribution in [2.24, 2.45) is 5.92 Å². The van der Waals surface area contributed by atoms with Crippen LogP contribution in [0.5, 0.6) is 0 Å². The highest BCUT2D eigenvalue weighted by Gasteiger charge is 2.52. The van der Waals surface area contributed by atoms with Gasteiger partial charge in [0.1, 0.15) is 18.6 Å². The summed E-state index contributed by atoms with van der Waals surface area (Å²) in [5, 5.41) is 18.7. The van der Waals surface area contributed by atoms with Crippen LogP contribution in [0.25, 0.3) is 0 Å². The van der Waals surface area contributed by atoms with Gasteiger partial charge in [-0.15, -0.1) is 0 Å². The molecule has 41 heavy (non-hydrogen) atoms. The lowest BCUT2D eigenvalue weighted by Crippen LogP contribution is -2.57. The molecule has 0 spiro atoms. The molecule has 15 heteroatoms. The van der Waals surface area contributed by atoms with E-state index in [4.69, 9.17) is 4.74 Å². The van der Waals surface area contributed by atoms with Crippen molar-refractivity contribution in [3.8, 4) is 0 Å². The normalized spacial score (nSPS) is 24.7. The molecule has 0 aromatic carbocycles. The number of alkyl halides is 2. The van der Waals surface area contributed by atoms with Gasteiger partial charge in [0.2, 0.25) is 23.6 Å². The third-order valence-electron chi connectivity index (χ3n) is 6.43. The summed E-state index contributed by atoms with van der Waals surface area (Å²) in [5.74, 6) is -11.0. The molecule has 0 bridgehead atoms. The maximum atomic E-state index is 15.6. The minimum atomic E-state index is -4.23. The van der Waals surface area contributed by atoms with E-state index in [1.54, 1.807) is 13.8 Å². The van der Waals surface area contributed by atoms with Gasteiger partial charge in [-0.2, -0.15) is 8.78 Å². The highest BCUT2D eigenvalue weighted by atomic mass is 19.3. The predicted molar refractivity (Wildman–Crippen MR) is 142 cm³/mol. The number of unbranched alkanes of at least 4 members (excludes halogenated alkanes) is 3. The number of cyclic esters (lactones) is 1. The molecule has 4 atom stereocenters. The maximum Gasteiger partial charge on any atom is 0.360 e. The summed E-state index contributed by atoms with van der Waals surface area (Å²) in [6.45, 7) is 4.41. The van der Waals surface area contributed by atoms with Crippen molar-refractivity contribution in [3.63, 3.8) is 0 Å². The number of carbonyl (C=O) groups excluding carboxylic acids is 6. The van der Waals surface area contributed by atoms with Crippen LogP contribution in [0.4, 0.5) is 8.78 Å². The number of rotatable bonds is 8. The van der Waals surface area contributed by atoms with Crippen molar-refractivity contribution in [3.05, 3.63) is 0 Å². The monoisotopic (exact) mass is 591 g/mol. The number of esters is 1. The number of hydrogen-bond acceptors (Lipinski definition) is 8. The van der Waals surface area contributed by atoms with Crippen LogP contribution in [-0.4, -0.2) is 102 Å². The molecule has 3 unspecified atom stereocenters. The number of ether oxygens (including phenoxy) is 1. The van der Waals surface area contributed by atoms with Crippen molar-refractivity contribution in [1.82, 2.24) is 26.2 Å². The van der Waals surface area contributed by atoms with E-state index in [-0.39, 0.29) is 25.2 Å². The lowest BCUT2D eigenvalue weighted by molar-refractivity contribution is -0.190. The van der Waals surface area contributed by atoms with E-state index in [1.165, 1.54) is 6.92 Å². The fourth-order valence-electron chi connectivity index (χ4n) is 4.10. The van der Waals surface area contributed by atoms with Crippen LogP contribution in [0, 0.1) is 5.92 Å². The second-order valence-electron chi connectivity index (χ2n) is 10.5. The van der Waals surface area contributed by atoms with Gasteiger partial charge in [-0.1, -0.05) is 40.0 Å². The van der Waals surface area contributed by atoms with Crippen LogP contribution in [0.3, 0.4) is 0 Å². The quantitative estimate of drug-likeness (QED) is 0.187. The Morgan fingerprint density at radius 2 is 1.54 bits per heavy atom. The summed E-state index contributed by atoms with van der Waals surface area (Å²) in [7, 11) is 1.03. The number of nitrogens with one attached hydrogen (secondary N) is 4. The molecule has 1 heterocycles. The summed E-state index contributed by atoms with van der Waals surface area (Å²) in [6.07, 6.45) is -1.71. The Morgan fingerprint density at radius 1 is 0.927 bits per heavy atom. The van der Waals surface area contributed by atoms with Crippen LogP contribution in [-0.2, 0) is 33.5 Å². The second-order valence-corrected chi connectivity index (χ2v) is 10.5. The number of amides is 5. The Morgan fingerprint density at radius 3 is 2.12 bits per heavy atom. The summed E-state index contributed by atoms with van der Waals surface area (Å²) in [4.78, 5) is 76.1. The molecule has 0 aromatic rings. The van der Waals surface area contributed by atoms with Gasteiger partial charge in [-0.3, -0.25) is 28.8 Å². The van der Waals surface area contributed by atoms with Crippen molar-refractivity contribution < 1.29 is 47.4 Å². The zero-order valence-corrected chi connectivity index (χ0v) is 24.3. The first kappa shape index (κ1) is 35.7. The summed E-state index contributed by atoms with van der Waals surface area (Å²) in [5.41, 5.74) is 0. The number of aliphatic hydroxyl groups is 1. The third kappa shape index (κ3) is 11.6. The molecule has 1 aliphatic heterocycles. The summed E-state index contributed by atoms with van der Waals surface area (Å²) >= 11 is 0. The first-order chi connectivity index (χ1) is 19.1. The van der Waals surface area contributed by atoms with Crippen molar-refractivity contribution >= 4 is 35.5 Å². The van der Waals surface area contributed by atoms with Gasteiger partial charge in [0.05, 0.1) is 19.2 Å². The number of hydrogen-bond donors (Lipinski definition) is 5. The fourth-order valence-corrected chi connectivity index (χ4v) is 4.10. The molecule has 1 saturated heterocycles. The van der Waals surface area contributed by atoms with Gasteiger partial charge in [0.25, 0.3) is 5.91 Å². The first-order valence-corrected chi connectivity index (χ1v) is 13.8. The minimum Gasteiger partial charge on any atom is -0.454 e. The fraction of sp³-hybridized carbons (Fsp3) is 0.769. The average Bonchev–Trinajstić information content (AvgIpc) is 2.90. The van der Waals surface area contributed by atoms with E-state index in [2.05, 4.69) is 21.3 Å². The van der Waals surface area contributed by atoms with Gasteiger partial charge in [-0.25, -0.2) is 0 Å². The van der Waals surface area contributed by atoms with E-state index in [1.807, 2.05) is 6.92 Å². The van der Waals surface area contributed by atoms with Crippen LogP contribution < -0.4 is 21.3 Å². The molecular weight excluding hydrogens is 548 g/mol.